The maximum absolute atomic E-state index is 13.2. The quantitative estimate of drug-likeness (QED) is 0.730. The SMILES string of the molecule is CN(CCc1ccc(F)cc1F)C(=O)C#N. The molecule has 0 aliphatic heterocycles. The normalized spacial score (nSPS) is 9.62. The number of hydrogen-bond donors (Lipinski definition) is 0. The number of nitrogens with zero attached hydrogens (tertiary/aromatic N) is 2. The Morgan fingerprint density at radius 3 is 2.75 bits per heavy atom. The van der Waals surface area contributed by atoms with E-state index in [1.807, 2.05) is 0 Å². The minimum Gasteiger partial charge on any atom is -0.333 e. The average molecular weight is 224 g/mol. The molecular formula is C11H10F2N2O. The van der Waals surface area contributed by atoms with E-state index in [9.17, 15) is 13.6 Å². The molecule has 3 nitrogen and oxygen atoms in total. The highest BCUT2D eigenvalue weighted by molar-refractivity contribution is 5.90. The van der Waals surface area contributed by atoms with Crippen LogP contribution in [0.5, 0.6) is 0 Å². The number of nitriles is 1. The van der Waals surface area contributed by atoms with E-state index >= 15 is 0 Å². The van der Waals surface area contributed by atoms with Crippen molar-refractivity contribution in [1.82, 2.24) is 4.90 Å². The molecule has 0 heterocycles. The summed E-state index contributed by atoms with van der Waals surface area (Å²) in [5, 5.41) is 8.33. The van der Waals surface area contributed by atoms with Crippen LogP contribution in [-0.4, -0.2) is 24.4 Å². The molecule has 0 radical (unpaired) electrons. The van der Waals surface area contributed by atoms with Gasteiger partial charge in [-0.25, -0.2) is 8.78 Å². The zero-order chi connectivity index (χ0) is 12.1. The number of carbonyl (C=O) groups is 1. The van der Waals surface area contributed by atoms with E-state index in [4.69, 9.17) is 5.26 Å². The molecule has 1 aromatic carbocycles. The molecule has 0 bridgehead atoms. The Balaban J connectivity index is 2.62. The number of likely N-dealkylation sites (N-methyl/N-ethyl adjacent to an activating group) is 1. The van der Waals surface area contributed by atoms with Crippen LogP contribution < -0.4 is 0 Å². The van der Waals surface area contributed by atoms with Gasteiger partial charge in [-0.1, -0.05) is 6.07 Å². The first-order valence-corrected chi connectivity index (χ1v) is 4.63. The largest absolute Gasteiger partial charge is 0.333 e. The second-order valence-corrected chi connectivity index (χ2v) is 3.32. The summed E-state index contributed by atoms with van der Waals surface area (Å²) in [6.45, 7) is 0.217. The second-order valence-electron chi connectivity index (χ2n) is 3.32. The fraction of sp³-hybridized carbons (Fsp3) is 0.273. The maximum Gasteiger partial charge on any atom is 0.324 e. The number of hydrogen-bond acceptors (Lipinski definition) is 2. The van der Waals surface area contributed by atoms with Crippen LogP contribution in [0, 0.1) is 23.0 Å². The Bertz CT molecular complexity index is 440. The van der Waals surface area contributed by atoms with Crippen molar-refractivity contribution in [3.05, 3.63) is 35.4 Å². The van der Waals surface area contributed by atoms with E-state index in [2.05, 4.69) is 0 Å². The molecular weight excluding hydrogens is 214 g/mol. The summed E-state index contributed by atoms with van der Waals surface area (Å²) >= 11 is 0. The summed E-state index contributed by atoms with van der Waals surface area (Å²) in [7, 11) is 1.45. The van der Waals surface area contributed by atoms with E-state index in [1.54, 1.807) is 0 Å². The molecule has 0 N–H and O–H groups in total. The van der Waals surface area contributed by atoms with Crippen molar-refractivity contribution in [2.24, 2.45) is 0 Å². The smallest absolute Gasteiger partial charge is 0.324 e. The minimum absolute atomic E-state index is 0.217. The summed E-state index contributed by atoms with van der Waals surface area (Å²) < 4.78 is 25.8. The third-order valence-electron chi connectivity index (χ3n) is 2.17. The Morgan fingerprint density at radius 1 is 1.50 bits per heavy atom. The monoisotopic (exact) mass is 224 g/mol. The molecule has 0 unspecified atom stereocenters. The minimum atomic E-state index is -0.678. The highest BCUT2D eigenvalue weighted by Crippen LogP contribution is 2.10. The summed E-state index contributed by atoms with van der Waals surface area (Å²) in [6, 6.07) is 4.74. The molecule has 84 valence electrons. The molecule has 0 atom stereocenters. The summed E-state index contributed by atoms with van der Waals surface area (Å²) in [4.78, 5) is 12.1. The fourth-order valence-electron chi connectivity index (χ4n) is 1.20. The van der Waals surface area contributed by atoms with Crippen molar-refractivity contribution in [3.63, 3.8) is 0 Å². The van der Waals surface area contributed by atoms with Gasteiger partial charge in [0.2, 0.25) is 0 Å². The van der Waals surface area contributed by atoms with Crippen molar-refractivity contribution < 1.29 is 13.6 Å². The molecule has 1 amide bonds. The van der Waals surface area contributed by atoms with Gasteiger partial charge in [-0.2, -0.15) is 5.26 Å². The molecule has 1 rings (SSSR count). The molecule has 5 heteroatoms. The maximum atomic E-state index is 13.2. The first-order chi connectivity index (χ1) is 7.54. The van der Waals surface area contributed by atoms with Crippen LogP contribution in [0.4, 0.5) is 8.78 Å². The number of carbonyl (C=O) groups excluding carboxylic acids is 1. The Labute approximate surface area is 91.9 Å². The summed E-state index contributed by atoms with van der Waals surface area (Å²) in [6.07, 6.45) is 0.246. The number of benzene rings is 1. The predicted octanol–water partition coefficient (Wildman–Crippen LogP) is 1.49. The predicted molar refractivity (Wildman–Crippen MR) is 53.3 cm³/mol. The van der Waals surface area contributed by atoms with Crippen molar-refractivity contribution in [2.75, 3.05) is 13.6 Å². The molecule has 16 heavy (non-hydrogen) atoms. The molecule has 0 saturated heterocycles. The molecule has 0 spiro atoms. The Morgan fingerprint density at radius 2 is 2.19 bits per heavy atom. The van der Waals surface area contributed by atoms with Crippen LogP contribution in [0.15, 0.2) is 18.2 Å². The van der Waals surface area contributed by atoms with Gasteiger partial charge in [-0.05, 0) is 18.1 Å². The first kappa shape index (κ1) is 12.1. The van der Waals surface area contributed by atoms with Crippen LogP contribution in [-0.2, 0) is 11.2 Å². The molecule has 0 aromatic heterocycles. The second kappa shape index (κ2) is 5.21. The van der Waals surface area contributed by atoms with Gasteiger partial charge >= 0.3 is 5.91 Å². The van der Waals surface area contributed by atoms with Crippen LogP contribution >= 0.6 is 0 Å². The van der Waals surface area contributed by atoms with Crippen LogP contribution in [0.3, 0.4) is 0 Å². The lowest BCUT2D eigenvalue weighted by atomic mass is 10.1. The van der Waals surface area contributed by atoms with E-state index in [-0.39, 0.29) is 13.0 Å². The van der Waals surface area contributed by atoms with E-state index in [0.717, 1.165) is 12.1 Å². The molecule has 1 aromatic rings. The number of rotatable bonds is 3. The molecule has 0 fully saturated rings. The van der Waals surface area contributed by atoms with Gasteiger partial charge in [0.25, 0.3) is 0 Å². The number of halogens is 2. The van der Waals surface area contributed by atoms with Gasteiger partial charge in [-0.15, -0.1) is 0 Å². The Kier molecular flexibility index (Phi) is 3.95. The molecule has 0 aliphatic carbocycles. The Hall–Kier alpha value is -1.96. The topological polar surface area (TPSA) is 44.1 Å². The van der Waals surface area contributed by atoms with Crippen molar-refractivity contribution in [3.8, 4) is 6.07 Å². The number of amides is 1. The van der Waals surface area contributed by atoms with Crippen LogP contribution in [0.1, 0.15) is 5.56 Å². The summed E-state index contributed by atoms with van der Waals surface area (Å²) in [5.74, 6) is -1.96. The van der Waals surface area contributed by atoms with E-state index < -0.39 is 17.5 Å². The molecule has 0 saturated carbocycles. The highest BCUT2D eigenvalue weighted by atomic mass is 19.1. The lowest BCUT2D eigenvalue weighted by molar-refractivity contribution is -0.124. The van der Waals surface area contributed by atoms with Crippen molar-refractivity contribution in [1.29, 1.82) is 5.26 Å². The van der Waals surface area contributed by atoms with Crippen molar-refractivity contribution >= 4 is 5.91 Å². The standard InChI is InChI=1S/C11H10F2N2O/c1-15(11(16)7-14)5-4-8-2-3-9(12)6-10(8)13/h2-3,6H,4-5H2,1H3. The summed E-state index contributed by atoms with van der Waals surface area (Å²) in [5.41, 5.74) is 0.319. The first-order valence-electron chi connectivity index (χ1n) is 4.63. The molecule has 0 aliphatic rings. The average Bonchev–Trinajstić information content (AvgIpc) is 2.26. The van der Waals surface area contributed by atoms with E-state index in [0.29, 0.717) is 5.56 Å². The van der Waals surface area contributed by atoms with E-state index in [1.165, 1.54) is 24.1 Å². The van der Waals surface area contributed by atoms with Gasteiger partial charge in [0.15, 0.2) is 6.07 Å². The third-order valence-corrected chi connectivity index (χ3v) is 2.17. The zero-order valence-electron chi connectivity index (χ0n) is 8.70. The van der Waals surface area contributed by atoms with Crippen LogP contribution in [0.25, 0.3) is 0 Å². The fourth-order valence-corrected chi connectivity index (χ4v) is 1.20. The zero-order valence-corrected chi connectivity index (χ0v) is 8.70. The van der Waals surface area contributed by atoms with Gasteiger partial charge in [0.05, 0.1) is 0 Å². The third kappa shape index (κ3) is 3.02. The highest BCUT2D eigenvalue weighted by Gasteiger charge is 2.09. The van der Waals surface area contributed by atoms with Crippen molar-refractivity contribution in [2.45, 2.75) is 6.42 Å². The van der Waals surface area contributed by atoms with Crippen LogP contribution in [0.2, 0.25) is 0 Å². The lowest BCUT2D eigenvalue weighted by Gasteiger charge is -2.12. The van der Waals surface area contributed by atoms with Gasteiger partial charge in [-0.3, -0.25) is 4.79 Å². The van der Waals surface area contributed by atoms with Gasteiger partial charge in [0.1, 0.15) is 11.6 Å². The van der Waals surface area contributed by atoms with Gasteiger partial charge < -0.3 is 4.90 Å². The lowest BCUT2D eigenvalue weighted by Crippen LogP contribution is -2.27. The van der Waals surface area contributed by atoms with Gasteiger partial charge in [0, 0.05) is 19.7 Å².